The minimum absolute atomic E-state index is 0.0964. The number of fused-ring (bicyclic) bond motifs is 5. The molecule has 0 radical (unpaired) electrons. The number of unbranched alkanes of at least 4 members (excludes halogenated alkanes) is 3. The van der Waals surface area contributed by atoms with E-state index in [4.69, 9.17) is 58.1 Å². The summed E-state index contributed by atoms with van der Waals surface area (Å²) in [6.07, 6.45) is 25.4. The molecule has 20 atom stereocenters. The summed E-state index contributed by atoms with van der Waals surface area (Å²) < 4.78 is 38.5. The van der Waals surface area contributed by atoms with Crippen LogP contribution in [0.15, 0.2) is 47.1 Å². The van der Waals surface area contributed by atoms with Gasteiger partial charge in [0.25, 0.3) is 0 Å². The fourth-order valence-electron chi connectivity index (χ4n) is 15.5. The second kappa shape index (κ2) is 45.0. The number of rotatable bonds is 32. The molecule has 132 heavy (non-hydrogen) atoms. The minimum atomic E-state index is -1.25. The van der Waals surface area contributed by atoms with Crippen LogP contribution in [0.25, 0.3) is 55.8 Å². The Kier molecular flexibility index (Phi) is 36.1. The van der Waals surface area contributed by atoms with Crippen LogP contribution in [0.3, 0.4) is 0 Å². The van der Waals surface area contributed by atoms with E-state index < -0.39 is 157 Å². The molecule has 15 heterocycles. The van der Waals surface area contributed by atoms with Gasteiger partial charge in [-0.2, -0.15) is 0 Å². The van der Waals surface area contributed by atoms with Gasteiger partial charge in [-0.3, -0.25) is 22.8 Å². The monoisotopic (exact) mass is 1990 g/mol. The van der Waals surface area contributed by atoms with Crippen molar-refractivity contribution in [1.82, 2.24) is 97.6 Å². The maximum atomic E-state index is 10.8. The van der Waals surface area contributed by atoms with E-state index in [1.165, 1.54) is 36.2 Å². The van der Waals surface area contributed by atoms with E-state index in [0.717, 1.165) is 86.6 Å². The van der Waals surface area contributed by atoms with Crippen LogP contribution in [0.5, 0.6) is 0 Å². The van der Waals surface area contributed by atoms with Gasteiger partial charge in [0.1, 0.15) is 97.7 Å². The summed E-state index contributed by atoms with van der Waals surface area (Å²) >= 11 is 4.69. The molecule has 5 aliphatic heterocycles. The smallest absolute Gasteiger partial charge is 0.204 e. The molecule has 15 rings (SSSR count). The highest BCUT2D eigenvalue weighted by atomic mass is 32.2. The number of ether oxygens (including phenoxy) is 5. The highest BCUT2D eigenvalue weighted by Crippen LogP contribution is 2.48. The van der Waals surface area contributed by atoms with Crippen LogP contribution in [0.1, 0.15) is 128 Å². The molecule has 5 fully saturated rings. The summed E-state index contributed by atoms with van der Waals surface area (Å²) in [6.45, 7) is 23.2. The molecule has 22 N–H and O–H groups in total. The van der Waals surface area contributed by atoms with Gasteiger partial charge in [-0.05, 0) is 156 Å². The first kappa shape index (κ1) is 106. The number of aryl methyl sites for hydroxylation is 1. The number of nitrogens with two attached hydrogens (primary N) is 6. The summed E-state index contributed by atoms with van der Waals surface area (Å²) in [5.41, 5.74) is 40.2. The third kappa shape index (κ3) is 25.9. The SMILES string of the molecule is C=P(C)(C)CC[C@H]1O[C@@H](n2c(N)nc3c(N)ncnc32)[C@H](O)[C@@H]1O.C=P(C)(C)CC[C@H]1O[C@@H](n2c(SCCC)nc3c(N)ncnc32)[C@H](O)[C@@H]1O.C=P(C)(C)CC[C@H]1O[C@@H](n2c(SCCCC)nc3c(N)ncnc32)[C@H](O)[C@@H]1O.C=P(C)(C)CC[C@H]1O[C@@H](n2c(SCCCCC)nc3c(N)ncnc32)[C@H](O)[C@@H]1O.C=P(C)(C)CC[C@H]1O[C@@H](n2cnc3c(N)nc(C)nc32)[C@H](O)[C@@H]1O. The quantitative estimate of drug-likeness (QED) is 0.0127. The van der Waals surface area contributed by atoms with Crippen LogP contribution in [0, 0.1) is 6.92 Å². The normalized spacial score (nSPS) is 26.4. The van der Waals surface area contributed by atoms with E-state index >= 15 is 0 Å². The van der Waals surface area contributed by atoms with Gasteiger partial charge in [0.05, 0.1) is 36.8 Å². The topological polar surface area (TPSA) is 623 Å². The zero-order valence-electron chi connectivity index (χ0n) is 77.8. The average molecular weight is 1990 g/mol. The van der Waals surface area contributed by atoms with Crippen molar-refractivity contribution >= 4 is 192 Å². The standard InChI is InChI=1S/C19H32N5O3PS.C18H30N5O3PS.C17H28N5O3PS.C15H24N5O3P.C14H23N6O3P/c1-5-6-7-10-29-19-23-13-16(20)21-11-22-17(13)24(19)18-15(26)14(25)12(27-18)8-9-28(2,3)4;1-5-6-9-28-18-22-12-15(19)20-10-21-16(12)23(18)17-14(25)13(24)11(26-17)7-8-27(2,3)4;1-5-8-27-17-21-11-14(18)19-9-20-15(11)22(17)16-13(24)12(23)10(25-16)6-7-26(2,3)4;1-8-18-13(16)10-14(19-8)20(7-17-10)15-12(22)11(21)9(23-15)5-6-24(2,3)4;1-24(2,3)5-4-7-9(21)10(22)13(23-7)20-12-8(19-14(20)16)11(15)17-6-18-12/h11-12,14-15,18,25-26H,2,5-10H2,1,3-4H3,(H2,20,21,22);10-11,13-14,17,24-25H,2,5-9H2,1,3-4H3,(H2,19,20,21);9-10,12-13,16,23-24H,2,5-8H2,1,3-4H3,(H2,18,19,20);7,9,11-12,15,21-22H,2,5-6H2,1,3-4H3,(H2,16,18,19);6-7,9-10,13,21-22H,1,4-5H2,2-3H3,(H2,16,19)(H2,15,17,18)/t12-,14-,15-,18-;11-,13-,14-,17-;10-,12-,13-,16-;9-,11-,12-,15-;7-,9-,10-,13-/m11111/s1. The maximum absolute atomic E-state index is 10.8. The Morgan fingerprint density at radius 2 is 0.606 bits per heavy atom. The largest absolute Gasteiger partial charge is 0.388 e. The minimum Gasteiger partial charge on any atom is -0.388 e. The molecule has 0 amide bonds. The van der Waals surface area contributed by atoms with E-state index in [1.807, 2.05) is 0 Å². The van der Waals surface area contributed by atoms with Crippen molar-refractivity contribution in [1.29, 1.82) is 0 Å². The molecule has 5 aliphatic rings. The van der Waals surface area contributed by atoms with Gasteiger partial charge in [0.2, 0.25) is 5.95 Å². The lowest BCUT2D eigenvalue weighted by Crippen LogP contribution is -2.32. The summed E-state index contributed by atoms with van der Waals surface area (Å²) in [6, 6.07) is 0. The van der Waals surface area contributed by atoms with Gasteiger partial charge in [-0.25, -0.2) is 74.8 Å². The van der Waals surface area contributed by atoms with E-state index in [2.05, 4.69) is 194 Å². The second-order valence-corrected chi connectivity index (χ2v) is 62.2. The molecule has 0 unspecified atom stereocenters. The zero-order valence-corrected chi connectivity index (χ0v) is 84.7. The number of aliphatic hydroxyl groups is 10. The number of nitrogens with zero attached hydrogens (tertiary/aromatic N) is 20. The molecule has 0 saturated carbocycles. The first-order valence-corrected chi connectivity index (χ1v) is 62.3. The van der Waals surface area contributed by atoms with Gasteiger partial charge in [0, 0.05) is 17.3 Å². The molecule has 49 heteroatoms. The molecule has 10 aromatic rings. The Morgan fingerprint density at radius 1 is 0.318 bits per heavy atom. The zero-order chi connectivity index (χ0) is 96.7. The number of nitrogen functional groups attached to an aromatic ring is 6. The van der Waals surface area contributed by atoms with Crippen LogP contribution in [0.2, 0.25) is 0 Å². The highest BCUT2D eigenvalue weighted by Gasteiger charge is 2.50. The number of aromatic nitrogens is 20. The molecule has 10 aromatic heterocycles. The lowest BCUT2D eigenvalue weighted by atomic mass is 10.1. The van der Waals surface area contributed by atoms with Crippen LogP contribution in [0.4, 0.5) is 35.0 Å². The van der Waals surface area contributed by atoms with Crippen LogP contribution in [-0.4, -0.2) is 386 Å². The predicted molar refractivity (Wildman–Crippen MR) is 541 cm³/mol. The predicted octanol–water partition coefficient (Wildman–Crippen LogP) is 6.20. The average Bonchev–Trinajstić information content (AvgIpc) is 1.63. The number of hydrogen-bond acceptors (Lipinski definition) is 39. The molecule has 0 bridgehead atoms. The maximum Gasteiger partial charge on any atom is 0.204 e. The molecule has 732 valence electrons. The third-order valence-corrected chi connectivity index (χ3v) is 33.3. The van der Waals surface area contributed by atoms with Gasteiger partial charge in [-0.15, -0.1) is 65.9 Å². The van der Waals surface area contributed by atoms with Crippen molar-refractivity contribution in [3.8, 4) is 0 Å². The third-order valence-electron chi connectivity index (χ3n) is 22.7. The van der Waals surface area contributed by atoms with Crippen molar-refractivity contribution in [2.24, 2.45) is 0 Å². The number of anilines is 6. The van der Waals surface area contributed by atoms with Crippen molar-refractivity contribution in [2.75, 3.05) is 149 Å². The van der Waals surface area contributed by atoms with Gasteiger partial charge in [0.15, 0.2) is 126 Å². The Morgan fingerprint density at radius 3 is 0.924 bits per heavy atom. The second-order valence-electron chi connectivity index (χ2n) is 37.4. The highest BCUT2D eigenvalue weighted by molar-refractivity contribution is 7.99. The summed E-state index contributed by atoms with van der Waals surface area (Å²) in [7, 11) is 0. The molecular formula is C83H137N26O15P5S3. The summed E-state index contributed by atoms with van der Waals surface area (Å²) in [5.74, 6) is 4.56. The van der Waals surface area contributed by atoms with Crippen LogP contribution in [-0.2, 0) is 23.7 Å². The molecule has 0 spiro atoms. The fraction of sp³-hybridized carbons (Fsp3) is 0.639. The Labute approximate surface area is 782 Å². The first-order chi connectivity index (χ1) is 62.0. The Hall–Kier alpha value is -6.50. The molecule has 41 nitrogen and oxygen atoms in total. The molecule has 5 saturated heterocycles. The van der Waals surface area contributed by atoms with Crippen molar-refractivity contribution in [3.63, 3.8) is 0 Å². The van der Waals surface area contributed by atoms with E-state index in [1.54, 1.807) is 60.5 Å². The number of aliphatic hydroxyl groups excluding tert-OH is 10. The fourth-order valence-corrected chi connectivity index (χ4v) is 23.2. The van der Waals surface area contributed by atoms with E-state index in [9.17, 15) is 51.1 Å². The molecular weight excluding hydrogens is 1850 g/mol. The molecule has 0 aromatic carbocycles. The number of thioether (sulfide) groups is 3. The van der Waals surface area contributed by atoms with E-state index in [0.29, 0.717) is 109 Å². The lowest BCUT2D eigenvalue weighted by molar-refractivity contribution is -0.0400. The van der Waals surface area contributed by atoms with Crippen molar-refractivity contribution < 1.29 is 74.7 Å². The van der Waals surface area contributed by atoms with Crippen molar-refractivity contribution in [3.05, 3.63) is 37.5 Å². The lowest BCUT2D eigenvalue weighted by Gasteiger charge is -2.19. The Bertz CT molecular complexity index is 5830. The summed E-state index contributed by atoms with van der Waals surface area (Å²) in [4.78, 5) is 63.6. The van der Waals surface area contributed by atoms with Crippen molar-refractivity contribution in [2.45, 2.75) is 236 Å². The first-order valence-electron chi connectivity index (χ1n) is 44.0. The number of imidazole rings is 5. The van der Waals surface area contributed by atoms with Gasteiger partial charge in [-0.1, -0.05) is 75.3 Å². The van der Waals surface area contributed by atoms with Crippen LogP contribution < -0.4 is 34.4 Å². The van der Waals surface area contributed by atoms with E-state index in [-0.39, 0.29) is 35.0 Å². The van der Waals surface area contributed by atoms with Gasteiger partial charge >= 0.3 is 0 Å². The molecule has 0 aliphatic carbocycles. The van der Waals surface area contributed by atoms with Crippen LogP contribution >= 0.6 is 69.7 Å². The summed E-state index contributed by atoms with van der Waals surface area (Å²) in [5, 5.41) is 107. The Balaban J connectivity index is 0.000000159. The number of hydrogen-bond donors (Lipinski definition) is 16. The van der Waals surface area contributed by atoms with Gasteiger partial charge < -0.3 is 109 Å².